The minimum Gasteiger partial charge on any atom is -0.457 e. The van der Waals surface area contributed by atoms with Gasteiger partial charge in [-0.05, 0) is 81.5 Å². The van der Waals surface area contributed by atoms with Crippen LogP contribution in [0.15, 0.2) is 72.9 Å². The van der Waals surface area contributed by atoms with E-state index in [1.54, 1.807) is 54.6 Å². The molecule has 66 heavy (non-hydrogen) atoms. The van der Waals surface area contributed by atoms with E-state index in [-0.39, 0.29) is 32.5 Å². The molecule has 4 aromatic rings. The summed E-state index contributed by atoms with van der Waals surface area (Å²) >= 11 is 12.7. The summed E-state index contributed by atoms with van der Waals surface area (Å²) in [5.74, 6) is -1.68. The van der Waals surface area contributed by atoms with Gasteiger partial charge in [0.05, 0.1) is 38.0 Å². The maximum atomic E-state index is 14.7. The first kappa shape index (κ1) is 49.4. The van der Waals surface area contributed by atoms with E-state index in [4.69, 9.17) is 32.7 Å². The predicted octanol–water partition coefficient (Wildman–Crippen LogP) is 3.74. The van der Waals surface area contributed by atoms with Gasteiger partial charge in [0.1, 0.15) is 41.5 Å². The first-order valence-corrected chi connectivity index (χ1v) is 22.2. The van der Waals surface area contributed by atoms with Crippen LogP contribution in [0.4, 0.5) is 0 Å². The molecule has 3 fully saturated rings. The van der Waals surface area contributed by atoms with Crippen LogP contribution in [0, 0.1) is 0 Å². The number of aromatic nitrogens is 2. The lowest BCUT2D eigenvalue weighted by molar-refractivity contribution is -0.161. The zero-order valence-electron chi connectivity index (χ0n) is 38.4. The van der Waals surface area contributed by atoms with Crippen LogP contribution >= 0.6 is 23.2 Å². The van der Waals surface area contributed by atoms with Crippen molar-refractivity contribution in [2.24, 2.45) is 7.05 Å². The fourth-order valence-electron chi connectivity index (χ4n) is 8.12. The van der Waals surface area contributed by atoms with Crippen molar-refractivity contribution >= 4 is 58.6 Å². The van der Waals surface area contributed by atoms with Crippen molar-refractivity contribution < 1.29 is 38.2 Å². The van der Waals surface area contributed by atoms with E-state index in [1.807, 2.05) is 48.9 Å². The van der Waals surface area contributed by atoms with Gasteiger partial charge in [0.15, 0.2) is 0 Å². The SMILES string of the molecule is COC[C@@H]1NC(=O)[C@H](C)N(Cc2ccc(Cl)cc2Oc2ccc(-c3cnc(CN(C)C)n3C)cc2)C(=O)C[C@H]2C(=O)N(C)[C@@H](CNC(=O)C[C@H](Cc3ccc(Cl)cc3)N(C)C1=O)C(=O)N2C. The average molecular weight is 947 g/mol. The Kier molecular flexibility index (Phi) is 16.1. The molecule has 2 N–H and O–H groups in total. The Hall–Kier alpha value is -6.01. The summed E-state index contributed by atoms with van der Waals surface area (Å²) in [5, 5.41) is 6.43. The highest BCUT2D eigenvalue weighted by Gasteiger charge is 2.45. The molecule has 0 radical (unpaired) electrons. The number of likely N-dealkylation sites (N-methyl/N-ethyl adjacent to an activating group) is 3. The van der Waals surface area contributed by atoms with E-state index in [0.717, 1.165) is 22.6 Å². The number of piperazine rings is 1. The number of imidazole rings is 1. The highest BCUT2D eigenvalue weighted by molar-refractivity contribution is 6.31. The number of nitrogens with one attached hydrogen (secondary N) is 2. The lowest BCUT2D eigenvalue weighted by atomic mass is 9.99. The molecule has 7 rings (SSSR count). The van der Waals surface area contributed by atoms with Crippen LogP contribution in [0.1, 0.15) is 36.7 Å². The molecule has 0 aliphatic carbocycles. The molecule has 1 aromatic heterocycles. The normalized spacial score (nSPS) is 21.6. The molecule has 5 atom stereocenters. The van der Waals surface area contributed by atoms with Gasteiger partial charge >= 0.3 is 0 Å². The number of hydrogen-bond acceptors (Lipinski definition) is 10. The van der Waals surface area contributed by atoms with E-state index < -0.39 is 72.1 Å². The molecule has 4 heterocycles. The van der Waals surface area contributed by atoms with E-state index in [1.165, 1.54) is 54.8 Å². The second-order valence-corrected chi connectivity index (χ2v) is 17.9. The zero-order valence-corrected chi connectivity index (χ0v) is 39.9. The standard InChI is InChI=1S/C47H57Cl2N9O8/c1-28-44(61)52-36(27-65-8)45(62)54(4)34(19-29-9-14-32(48)15-10-29)21-42(59)51-24-39-47(64)56(6)37(46(63)57(39)7)22-43(60)58(28)25-31-11-16-33(49)20-40(31)66-35-17-12-30(13-18-35)38-23-50-41(55(38)5)26-53(2)3/h9-18,20,23,28,34,36-37,39H,19,21-22,24-27H2,1-8H3,(H,51,59)(H,52,61)/t28-,34-,36-,37-,39-/m0/s1. The highest BCUT2D eigenvalue weighted by atomic mass is 35.5. The van der Waals surface area contributed by atoms with Gasteiger partial charge in [-0.15, -0.1) is 0 Å². The van der Waals surface area contributed by atoms with E-state index in [9.17, 15) is 28.8 Å². The number of halogens is 2. The Morgan fingerprint density at radius 3 is 2.12 bits per heavy atom. The van der Waals surface area contributed by atoms with Crippen LogP contribution in [-0.4, -0.2) is 155 Å². The molecule has 0 saturated carbocycles. The summed E-state index contributed by atoms with van der Waals surface area (Å²) < 4.78 is 13.8. The monoisotopic (exact) mass is 945 g/mol. The fraction of sp³-hybridized carbons (Fsp3) is 0.426. The topological polar surface area (TPSA) is 179 Å². The van der Waals surface area contributed by atoms with E-state index in [2.05, 4.69) is 15.6 Å². The van der Waals surface area contributed by atoms with Crippen LogP contribution in [0.2, 0.25) is 10.0 Å². The predicted molar refractivity (Wildman–Crippen MR) is 248 cm³/mol. The number of methoxy groups -OCH3 is 1. The van der Waals surface area contributed by atoms with Crippen molar-refractivity contribution in [2.75, 3.05) is 55.5 Å². The third-order valence-corrected chi connectivity index (χ3v) is 12.7. The van der Waals surface area contributed by atoms with Crippen LogP contribution in [0.25, 0.3) is 11.3 Å². The summed E-state index contributed by atoms with van der Waals surface area (Å²) in [6, 6.07) is 13.8. The minimum atomic E-state index is -1.24. The molecular formula is C47H57Cl2N9O8. The molecule has 3 saturated heterocycles. The molecule has 3 aliphatic heterocycles. The third kappa shape index (κ3) is 11.5. The van der Waals surface area contributed by atoms with E-state index >= 15 is 0 Å². The number of fused-ring (bicyclic) bond motifs is 15. The van der Waals surface area contributed by atoms with Gasteiger partial charge in [0.25, 0.3) is 0 Å². The fourth-order valence-corrected chi connectivity index (χ4v) is 8.41. The van der Waals surface area contributed by atoms with Gasteiger partial charge in [-0.3, -0.25) is 28.8 Å². The Morgan fingerprint density at radius 1 is 0.803 bits per heavy atom. The van der Waals surface area contributed by atoms with Gasteiger partial charge < -0.3 is 49.2 Å². The highest BCUT2D eigenvalue weighted by Crippen LogP contribution is 2.32. The number of rotatable bonds is 11. The molecule has 352 valence electrons. The lowest BCUT2D eigenvalue weighted by Gasteiger charge is -2.42. The molecule has 3 aliphatic rings. The van der Waals surface area contributed by atoms with Gasteiger partial charge in [0.2, 0.25) is 35.4 Å². The van der Waals surface area contributed by atoms with Crippen molar-refractivity contribution in [3.8, 4) is 22.8 Å². The summed E-state index contributed by atoms with van der Waals surface area (Å²) in [6.07, 6.45) is 1.40. The largest absolute Gasteiger partial charge is 0.457 e. The Morgan fingerprint density at radius 2 is 1.45 bits per heavy atom. The quantitative estimate of drug-likeness (QED) is 0.211. The van der Waals surface area contributed by atoms with Crippen LogP contribution < -0.4 is 15.4 Å². The molecule has 17 nitrogen and oxygen atoms in total. The Bertz CT molecular complexity index is 2430. The number of benzene rings is 3. The summed E-state index contributed by atoms with van der Waals surface area (Å²) in [6.45, 7) is 1.56. The molecule has 2 bridgehead atoms. The number of ether oxygens (including phenoxy) is 2. The van der Waals surface area contributed by atoms with E-state index in [0.29, 0.717) is 33.7 Å². The van der Waals surface area contributed by atoms with Gasteiger partial charge in [0, 0.05) is 75.5 Å². The summed E-state index contributed by atoms with van der Waals surface area (Å²) in [7, 11) is 11.7. The minimum absolute atomic E-state index is 0.174. The zero-order chi connectivity index (χ0) is 48.0. The summed E-state index contributed by atoms with van der Waals surface area (Å²) in [5.41, 5.74) is 3.09. The first-order valence-electron chi connectivity index (χ1n) is 21.5. The number of carbonyl (C=O) groups is 6. The average Bonchev–Trinajstić information content (AvgIpc) is 3.64. The molecule has 0 unspecified atom stereocenters. The number of carbonyl (C=O) groups excluding carboxylic acids is 6. The van der Waals surface area contributed by atoms with Crippen molar-refractivity contribution in [3.05, 3.63) is 99.9 Å². The maximum absolute atomic E-state index is 14.7. The first-order chi connectivity index (χ1) is 31.4. The van der Waals surface area contributed by atoms with Gasteiger partial charge in [-0.25, -0.2) is 4.98 Å². The smallest absolute Gasteiger partial charge is 0.247 e. The molecular weight excluding hydrogens is 889 g/mol. The second kappa shape index (κ2) is 21.5. The van der Waals surface area contributed by atoms with Crippen molar-refractivity contribution in [1.29, 1.82) is 0 Å². The molecule has 19 heteroatoms. The van der Waals surface area contributed by atoms with Gasteiger partial charge in [-0.2, -0.15) is 0 Å². The van der Waals surface area contributed by atoms with Crippen molar-refractivity contribution in [2.45, 2.75) is 69.5 Å². The van der Waals surface area contributed by atoms with Crippen LogP contribution in [-0.2, 0) is 60.1 Å². The lowest BCUT2D eigenvalue weighted by Crippen LogP contribution is -2.66. The molecule has 3 aromatic carbocycles. The van der Waals surface area contributed by atoms with Crippen LogP contribution in [0.5, 0.6) is 11.5 Å². The Labute approximate surface area is 394 Å². The van der Waals surface area contributed by atoms with Crippen molar-refractivity contribution in [3.63, 3.8) is 0 Å². The second-order valence-electron chi connectivity index (χ2n) is 17.0. The Balaban J connectivity index is 1.33. The molecule has 6 amide bonds. The maximum Gasteiger partial charge on any atom is 0.247 e. The number of amides is 6. The third-order valence-electron chi connectivity index (χ3n) is 12.2. The number of hydrogen-bond donors (Lipinski definition) is 2. The van der Waals surface area contributed by atoms with Crippen LogP contribution in [0.3, 0.4) is 0 Å². The summed E-state index contributed by atoms with van der Waals surface area (Å²) in [4.78, 5) is 96.5. The number of nitrogens with zero attached hydrogens (tertiary/aromatic N) is 7. The van der Waals surface area contributed by atoms with Crippen molar-refractivity contribution in [1.82, 2.24) is 44.7 Å². The van der Waals surface area contributed by atoms with Gasteiger partial charge in [-0.1, -0.05) is 41.4 Å². The molecule has 0 spiro atoms.